The zero-order valence-corrected chi connectivity index (χ0v) is 24.8. The number of nitrogens with one attached hydrogen (secondary N) is 1. The van der Waals surface area contributed by atoms with Crippen molar-refractivity contribution in [2.24, 2.45) is 35.3 Å². The summed E-state index contributed by atoms with van der Waals surface area (Å²) in [5.74, 6) is 0.434. The van der Waals surface area contributed by atoms with Gasteiger partial charge < -0.3 is 15.8 Å². The summed E-state index contributed by atoms with van der Waals surface area (Å²) in [6, 6.07) is 9.87. The van der Waals surface area contributed by atoms with Crippen LogP contribution in [-0.4, -0.2) is 29.9 Å². The predicted octanol–water partition coefficient (Wildman–Crippen LogP) is 6.69. The maximum atomic E-state index is 13.6. The predicted molar refractivity (Wildman–Crippen MR) is 162 cm³/mol. The SMILES string of the molecule is C[C@@H](C(=O)C(C)(C)N)C(COCc1ccccc1)C(=O)NC1C=CC(CC(C2=CCCCC2)C2CC=CCC2)C1. The maximum Gasteiger partial charge on any atom is 0.226 e. The largest absolute Gasteiger partial charge is 0.376 e. The van der Waals surface area contributed by atoms with Crippen molar-refractivity contribution in [2.45, 2.75) is 96.7 Å². The van der Waals surface area contributed by atoms with E-state index in [1.165, 1.54) is 44.9 Å². The lowest BCUT2D eigenvalue weighted by Crippen LogP contribution is -2.50. The van der Waals surface area contributed by atoms with Crippen LogP contribution in [0.4, 0.5) is 0 Å². The summed E-state index contributed by atoms with van der Waals surface area (Å²) in [6.07, 6.45) is 22.6. The Labute approximate surface area is 241 Å². The molecule has 5 heteroatoms. The van der Waals surface area contributed by atoms with Gasteiger partial charge in [0.05, 0.1) is 24.7 Å². The highest BCUT2D eigenvalue weighted by Gasteiger charge is 2.37. The number of hydrogen-bond donors (Lipinski definition) is 2. The number of ether oxygens (including phenoxy) is 1. The van der Waals surface area contributed by atoms with Crippen molar-refractivity contribution in [3.63, 3.8) is 0 Å². The summed E-state index contributed by atoms with van der Waals surface area (Å²) < 4.78 is 5.98. The monoisotopic (exact) mass is 546 g/mol. The third-order valence-corrected chi connectivity index (χ3v) is 9.14. The number of nitrogens with two attached hydrogens (primary N) is 1. The molecule has 5 unspecified atom stereocenters. The van der Waals surface area contributed by atoms with E-state index in [2.05, 4.69) is 35.7 Å². The molecule has 0 saturated heterocycles. The number of carbonyl (C=O) groups is 2. The smallest absolute Gasteiger partial charge is 0.226 e. The summed E-state index contributed by atoms with van der Waals surface area (Å²) in [6.45, 7) is 5.79. The molecule has 1 aromatic carbocycles. The van der Waals surface area contributed by atoms with Crippen LogP contribution < -0.4 is 11.1 Å². The van der Waals surface area contributed by atoms with Gasteiger partial charge in [0.1, 0.15) is 0 Å². The van der Waals surface area contributed by atoms with Crippen LogP contribution in [0, 0.1) is 29.6 Å². The van der Waals surface area contributed by atoms with E-state index in [-0.39, 0.29) is 24.3 Å². The molecule has 3 aliphatic carbocycles. The number of Topliss-reactive ketones (excluding diaryl/α,β-unsaturated/α-hetero) is 1. The molecule has 5 nitrogen and oxygen atoms in total. The Morgan fingerprint density at radius 3 is 2.58 bits per heavy atom. The molecule has 0 radical (unpaired) electrons. The zero-order chi connectivity index (χ0) is 28.5. The summed E-state index contributed by atoms with van der Waals surface area (Å²) in [4.78, 5) is 26.7. The van der Waals surface area contributed by atoms with E-state index >= 15 is 0 Å². The average molecular weight is 547 g/mol. The van der Waals surface area contributed by atoms with Crippen LogP contribution in [0.3, 0.4) is 0 Å². The van der Waals surface area contributed by atoms with E-state index in [1.807, 2.05) is 37.3 Å². The van der Waals surface area contributed by atoms with Gasteiger partial charge in [-0.2, -0.15) is 0 Å². The Morgan fingerprint density at radius 2 is 1.90 bits per heavy atom. The summed E-state index contributed by atoms with van der Waals surface area (Å²) >= 11 is 0. The van der Waals surface area contributed by atoms with Crippen molar-refractivity contribution < 1.29 is 14.3 Å². The van der Waals surface area contributed by atoms with Gasteiger partial charge in [-0.25, -0.2) is 0 Å². The second kappa shape index (κ2) is 14.4. The first-order valence-corrected chi connectivity index (χ1v) is 15.5. The van der Waals surface area contributed by atoms with Crippen LogP contribution in [0.2, 0.25) is 0 Å². The number of ketones is 1. The normalized spacial score (nSPS) is 25.2. The second-order valence-corrected chi connectivity index (χ2v) is 12.9. The lowest BCUT2D eigenvalue weighted by atomic mass is 9.72. The van der Waals surface area contributed by atoms with Crippen LogP contribution in [0.15, 0.2) is 66.3 Å². The van der Waals surface area contributed by atoms with Crippen molar-refractivity contribution in [1.82, 2.24) is 5.32 Å². The Balaban J connectivity index is 1.37. The Morgan fingerprint density at radius 1 is 1.10 bits per heavy atom. The molecule has 218 valence electrons. The Hall–Kier alpha value is -2.50. The number of amides is 1. The van der Waals surface area contributed by atoms with Gasteiger partial charge in [0.2, 0.25) is 5.91 Å². The van der Waals surface area contributed by atoms with Gasteiger partial charge in [0, 0.05) is 12.0 Å². The van der Waals surface area contributed by atoms with E-state index in [0.717, 1.165) is 24.3 Å². The highest BCUT2D eigenvalue weighted by molar-refractivity contribution is 5.93. The minimum atomic E-state index is -1.01. The van der Waals surface area contributed by atoms with Crippen LogP contribution in [0.5, 0.6) is 0 Å². The molecule has 0 aromatic heterocycles. The lowest BCUT2D eigenvalue weighted by Gasteiger charge is -2.33. The first-order valence-electron chi connectivity index (χ1n) is 15.5. The number of hydrogen-bond acceptors (Lipinski definition) is 4. The van der Waals surface area contributed by atoms with E-state index in [1.54, 1.807) is 19.4 Å². The van der Waals surface area contributed by atoms with E-state index in [4.69, 9.17) is 10.5 Å². The molecule has 4 rings (SSSR count). The lowest BCUT2D eigenvalue weighted by molar-refractivity contribution is -0.138. The van der Waals surface area contributed by atoms with Crippen molar-refractivity contribution in [3.8, 4) is 0 Å². The van der Waals surface area contributed by atoms with Crippen LogP contribution in [0.25, 0.3) is 0 Å². The molecule has 0 bridgehead atoms. The summed E-state index contributed by atoms with van der Waals surface area (Å²) in [7, 11) is 0. The Kier molecular flexibility index (Phi) is 11.0. The quantitative estimate of drug-likeness (QED) is 0.270. The molecule has 0 spiro atoms. The number of carbonyl (C=O) groups excluding carboxylic acids is 2. The van der Waals surface area contributed by atoms with Crippen molar-refractivity contribution >= 4 is 11.7 Å². The van der Waals surface area contributed by atoms with Crippen LogP contribution in [-0.2, 0) is 20.9 Å². The fourth-order valence-electron chi connectivity index (χ4n) is 6.80. The Bertz CT molecular complexity index is 1070. The third kappa shape index (κ3) is 8.50. The van der Waals surface area contributed by atoms with Crippen molar-refractivity contribution in [3.05, 3.63) is 71.8 Å². The van der Waals surface area contributed by atoms with Crippen LogP contribution >= 0.6 is 0 Å². The van der Waals surface area contributed by atoms with Crippen molar-refractivity contribution in [2.75, 3.05) is 6.61 Å². The molecule has 1 amide bonds. The van der Waals surface area contributed by atoms with E-state index in [0.29, 0.717) is 18.4 Å². The van der Waals surface area contributed by atoms with Gasteiger partial charge >= 0.3 is 0 Å². The first kappa shape index (κ1) is 30.5. The van der Waals surface area contributed by atoms with Crippen molar-refractivity contribution in [1.29, 1.82) is 0 Å². The standard InChI is InChI=1S/C35H50N2O3/c1-25(33(38)35(2,3)36)32(24-40-23-26-13-7-4-8-14-26)34(39)37-30-20-19-27(21-30)22-31(28-15-9-5-10-16-28)29-17-11-6-12-18-29/h4-5,7-9,13-14,17,19-20,25,27-28,30-32H,6,10-12,15-16,18,21-24,36H2,1-3H3,(H,37,39)/t25-,27?,28?,30?,31?,32?/m1/s1. The molecule has 3 aliphatic rings. The minimum Gasteiger partial charge on any atom is -0.376 e. The van der Waals surface area contributed by atoms with E-state index in [9.17, 15) is 9.59 Å². The third-order valence-electron chi connectivity index (χ3n) is 9.14. The fraction of sp³-hybridized carbons (Fsp3) is 0.600. The van der Waals surface area contributed by atoms with Gasteiger partial charge in [-0.1, -0.05) is 73.2 Å². The number of rotatable bonds is 13. The molecule has 40 heavy (non-hydrogen) atoms. The molecule has 0 heterocycles. The summed E-state index contributed by atoms with van der Waals surface area (Å²) in [5.41, 5.74) is 7.86. The highest BCUT2D eigenvalue weighted by Crippen LogP contribution is 2.41. The minimum absolute atomic E-state index is 0.0189. The maximum absolute atomic E-state index is 13.6. The molecule has 6 atom stereocenters. The number of benzene rings is 1. The molecule has 0 aliphatic heterocycles. The average Bonchev–Trinajstić information content (AvgIpc) is 3.41. The second-order valence-electron chi connectivity index (χ2n) is 12.9. The van der Waals surface area contributed by atoms with Gasteiger partial charge in [-0.15, -0.1) is 0 Å². The first-order chi connectivity index (χ1) is 19.2. The van der Waals surface area contributed by atoms with Gasteiger partial charge in [0.15, 0.2) is 5.78 Å². The molecule has 0 fully saturated rings. The van der Waals surface area contributed by atoms with Gasteiger partial charge in [-0.05, 0) is 95.0 Å². The molecule has 1 aromatic rings. The fourth-order valence-corrected chi connectivity index (χ4v) is 6.80. The molecular weight excluding hydrogens is 496 g/mol. The van der Waals surface area contributed by atoms with Gasteiger partial charge in [-0.3, -0.25) is 9.59 Å². The molecular formula is C35H50N2O3. The summed E-state index contributed by atoms with van der Waals surface area (Å²) in [5, 5.41) is 3.25. The molecule has 0 saturated carbocycles. The number of allylic oxidation sites excluding steroid dienone is 5. The van der Waals surface area contributed by atoms with Crippen LogP contribution in [0.1, 0.15) is 84.1 Å². The topological polar surface area (TPSA) is 81.4 Å². The zero-order valence-electron chi connectivity index (χ0n) is 24.8. The highest BCUT2D eigenvalue weighted by atomic mass is 16.5. The molecule has 3 N–H and O–H groups in total. The van der Waals surface area contributed by atoms with Gasteiger partial charge in [0.25, 0.3) is 0 Å². The van der Waals surface area contributed by atoms with E-state index < -0.39 is 17.4 Å².